The van der Waals surface area contributed by atoms with Gasteiger partial charge in [-0.1, -0.05) is 23.7 Å². The lowest BCUT2D eigenvalue weighted by atomic mass is 10.2. The Bertz CT molecular complexity index is 706. The molecule has 0 unspecified atom stereocenters. The van der Waals surface area contributed by atoms with Gasteiger partial charge in [-0.3, -0.25) is 14.3 Å². The Balaban J connectivity index is 2.41. The number of aromatic nitrogens is 2. The molecule has 2 rings (SSSR count). The van der Waals surface area contributed by atoms with E-state index in [0.29, 0.717) is 11.3 Å². The van der Waals surface area contributed by atoms with Crippen LogP contribution in [0.1, 0.15) is 5.56 Å². The Kier molecular flexibility index (Phi) is 3.71. The molecular weight excluding hydrogens is 275 g/mol. The summed E-state index contributed by atoms with van der Waals surface area (Å²) in [4.78, 5) is 25.2. The van der Waals surface area contributed by atoms with Gasteiger partial charge in [0.25, 0.3) is 5.56 Å². The fourth-order valence-electron chi connectivity index (χ4n) is 1.58. The zero-order valence-corrected chi connectivity index (χ0v) is 10.7. The maximum Gasteiger partial charge on any atom is 0.329 e. The van der Waals surface area contributed by atoms with E-state index in [1.165, 1.54) is 7.11 Å². The summed E-state index contributed by atoms with van der Waals surface area (Å²) in [6.45, 7) is -0.0494. The Labute approximate surface area is 112 Å². The molecule has 1 N–H and O–H groups in total. The number of hydrogen-bond donors (Lipinski definition) is 1. The summed E-state index contributed by atoms with van der Waals surface area (Å²) in [5, 5.41) is -0.582. The van der Waals surface area contributed by atoms with Gasteiger partial charge in [-0.15, -0.1) is 0 Å². The first kappa shape index (κ1) is 13.4. The number of nitrogens with one attached hydrogen (secondary N) is 1. The van der Waals surface area contributed by atoms with Gasteiger partial charge in [-0.25, -0.2) is 4.79 Å². The van der Waals surface area contributed by atoms with E-state index in [1.807, 2.05) is 0 Å². The quantitative estimate of drug-likeness (QED) is 0.866. The average Bonchev–Trinajstić information content (AvgIpc) is 2.42. The molecule has 0 atom stereocenters. The lowest BCUT2D eigenvalue weighted by molar-refractivity contribution is 0.414. The van der Waals surface area contributed by atoms with Gasteiger partial charge in [-0.05, 0) is 17.7 Å². The van der Waals surface area contributed by atoms with Gasteiger partial charge in [0.05, 0.1) is 13.7 Å². The minimum atomic E-state index is -1.17. The van der Waals surface area contributed by atoms with E-state index in [9.17, 15) is 14.0 Å². The van der Waals surface area contributed by atoms with E-state index in [1.54, 1.807) is 24.3 Å². The number of benzene rings is 1. The molecule has 7 heteroatoms. The van der Waals surface area contributed by atoms with Crippen molar-refractivity contribution in [2.75, 3.05) is 7.11 Å². The predicted molar refractivity (Wildman–Crippen MR) is 68.4 cm³/mol. The molecule has 5 nitrogen and oxygen atoms in total. The average molecular weight is 285 g/mol. The summed E-state index contributed by atoms with van der Waals surface area (Å²) in [5.74, 6) is -0.526. The molecule has 0 amide bonds. The third kappa shape index (κ3) is 2.68. The van der Waals surface area contributed by atoms with Crippen LogP contribution < -0.4 is 16.0 Å². The molecule has 0 radical (unpaired) electrons. The van der Waals surface area contributed by atoms with Crippen LogP contribution in [-0.2, 0) is 6.54 Å². The highest BCUT2D eigenvalue weighted by atomic mass is 35.5. The van der Waals surface area contributed by atoms with Crippen molar-refractivity contribution in [2.24, 2.45) is 0 Å². The van der Waals surface area contributed by atoms with Crippen LogP contribution in [0.5, 0.6) is 5.75 Å². The molecule has 0 bridgehead atoms. The summed E-state index contributed by atoms with van der Waals surface area (Å²) in [7, 11) is 1.53. The Morgan fingerprint density at radius 1 is 1.32 bits per heavy atom. The summed E-state index contributed by atoms with van der Waals surface area (Å²) in [6, 6.07) is 6.72. The van der Waals surface area contributed by atoms with Crippen LogP contribution in [0.2, 0.25) is 5.15 Å². The Hall–Kier alpha value is -2.08. The summed E-state index contributed by atoms with van der Waals surface area (Å²) >= 11 is 5.37. The van der Waals surface area contributed by atoms with E-state index >= 15 is 0 Å². The molecule has 2 aromatic rings. The van der Waals surface area contributed by atoms with Gasteiger partial charge >= 0.3 is 5.69 Å². The lowest BCUT2D eigenvalue weighted by Gasteiger charge is -2.06. The summed E-state index contributed by atoms with van der Waals surface area (Å²) in [6.07, 6.45) is 0. The number of ether oxygens (including phenoxy) is 1. The highest BCUT2D eigenvalue weighted by molar-refractivity contribution is 6.29. The van der Waals surface area contributed by atoms with Crippen LogP contribution in [0, 0.1) is 5.82 Å². The smallest absolute Gasteiger partial charge is 0.329 e. The molecule has 0 aliphatic rings. The van der Waals surface area contributed by atoms with Gasteiger partial charge in [-0.2, -0.15) is 4.39 Å². The number of aromatic amines is 1. The molecule has 0 saturated heterocycles. The number of methoxy groups -OCH3 is 1. The second kappa shape index (κ2) is 5.27. The van der Waals surface area contributed by atoms with Crippen LogP contribution in [0.3, 0.4) is 0 Å². The molecule has 1 aromatic heterocycles. The van der Waals surface area contributed by atoms with Gasteiger partial charge in [0.1, 0.15) is 5.75 Å². The molecule has 0 fully saturated rings. The molecular formula is C12H10ClFN2O3. The minimum Gasteiger partial charge on any atom is -0.497 e. The lowest BCUT2D eigenvalue weighted by Crippen LogP contribution is -2.37. The van der Waals surface area contributed by atoms with Crippen molar-refractivity contribution in [1.82, 2.24) is 9.55 Å². The maximum atomic E-state index is 13.3. The topological polar surface area (TPSA) is 64.1 Å². The van der Waals surface area contributed by atoms with Crippen LogP contribution in [0.25, 0.3) is 0 Å². The fourth-order valence-corrected chi connectivity index (χ4v) is 1.74. The van der Waals surface area contributed by atoms with Crippen molar-refractivity contribution >= 4 is 11.6 Å². The molecule has 0 aliphatic carbocycles. The van der Waals surface area contributed by atoms with Crippen LogP contribution >= 0.6 is 11.6 Å². The van der Waals surface area contributed by atoms with Gasteiger partial charge in [0.2, 0.25) is 5.82 Å². The zero-order valence-electron chi connectivity index (χ0n) is 9.94. The largest absolute Gasteiger partial charge is 0.497 e. The Morgan fingerprint density at radius 2 is 1.95 bits per heavy atom. The minimum absolute atomic E-state index is 0.0494. The molecule has 100 valence electrons. The third-order valence-corrected chi connectivity index (χ3v) is 2.85. The fraction of sp³-hybridized carbons (Fsp3) is 0.167. The third-order valence-electron chi connectivity index (χ3n) is 2.59. The van der Waals surface area contributed by atoms with Crippen molar-refractivity contribution in [3.05, 3.63) is 61.6 Å². The summed E-state index contributed by atoms with van der Waals surface area (Å²) in [5.41, 5.74) is -1.15. The molecule has 0 spiro atoms. The predicted octanol–water partition coefficient (Wildman–Crippen LogP) is 1.39. The van der Waals surface area contributed by atoms with Crippen LogP contribution in [0.15, 0.2) is 33.9 Å². The summed E-state index contributed by atoms with van der Waals surface area (Å²) < 4.78 is 19.1. The first-order chi connectivity index (χ1) is 9.02. The molecule has 0 aliphatic heterocycles. The number of H-pyrrole nitrogens is 1. The maximum absolute atomic E-state index is 13.3. The van der Waals surface area contributed by atoms with Crippen molar-refractivity contribution in [2.45, 2.75) is 6.54 Å². The molecule has 0 saturated carbocycles. The van der Waals surface area contributed by atoms with Crippen molar-refractivity contribution in [3.63, 3.8) is 0 Å². The number of nitrogens with zero attached hydrogens (tertiary/aromatic N) is 1. The standard InChI is InChI=1S/C12H10ClFN2O3/c1-19-8-4-2-7(3-5-8)6-16-11(17)9(14)10(13)15-12(16)18/h2-5H,6H2,1H3,(H,15,18). The van der Waals surface area contributed by atoms with E-state index in [4.69, 9.17) is 16.3 Å². The van der Waals surface area contributed by atoms with E-state index < -0.39 is 22.2 Å². The van der Waals surface area contributed by atoms with E-state index in [2.05, 4.69) is 4.98 Å². The number of halogens is 2. The van der Waals surface area contributed by atoms with Gasteiger partial charge in [0, 0.05) is 0 Å². The Morgan fingerprint density at radius 3 is 2.53 bits per heavy atom. The second-order valence-electron chi connectivity index (χ2n) is 3.80. The normalized spacial score (nSPS) is 10.5. The van der Waals surface area contributed by atoms with E-state index in [0.717, 1.165) is 4.57 Å². The SMILES string of the molecule is COc1ccc(Cn2c(=O)[nH]c(Cl)c(F)c2=O)cc1. The first-order valence-electron chi connectivity index (χ1n) is 5.34. The first-order valence-corrected chi connectivity index (χ1v) is 5.71. The zero-order chi connectivity index (χ0) is 14.0. The second-order valence-corrected chi connectivity index (χ2v) is 4.18. The van der Waals surface area contributed by atoms with Crippen molar-refractivity contribution in [1.29, 1.82) is 0 Å². The highest BCUT2D eigenvalue weighted by Gasteiger charge is 2.12. The van der Waals surface area contributed by atoms with Gasteiger partial charge < -0.3 is 4.74 Å². The van der Waals surface area contributed by atoms with Crippen molar-refractivity contribution < 1.29 is 9.13 Å². The highest BCUT2D eigenvalue weighted by Crippen LogP contribution is 2.11. The number of rotatable bonds is 3. The number of hydrogen-bond acceptors (Lipinski definition) is 3. The molecule has 1 aromatic carbocycles. The van der Waals surface area contributed by atoms with Crippen LogP contribution in [0.4, 0.5) is 4.39 Å². The monoisotopic (exact) mass is 284 g/mol. The van der Waals surface area contributed by atoms with Crippen molar-refractivity contribution in [3.8, 4) is 5.75 Å². The molecule has 19 heavy (non-hydrogen) atoms. The van der Waals surface area contributed by atoms with E-state index in [-0.39, 0.29) is 6.54 Å². The van der Waals surface area contributed by atoms with Crippen LogP contribution in [-0.4, -0.2) is 16.7 Å². The van der Waals surface area contributed by atoms with Gasteiger partial charge in [0.15, 0.2) is 5.15 Å². The molecule has 1 heterocycles.